The maximum Gasteiger partial charge on any atom is 0.331 e. The molecule has 0 aromatic rings. The van der Waals surface area contributed by atoms with Gasteiger partial charge in [-0.1, -0.05) is 6.42 Å². The lowest BCUT2D eigenvalue weighted by Gasteiger charge is -2.22. The van der Waals surface area contributed by atoms with Crippen LogP contribution in [0.15, 0.2) is 0 Å². The molecule has 0 spiro atoms. The molecule has 0 aromatic heterocycles. The molecule has 1 N–H and O–H groups in total. The topological polar surface area (TPSA) is 47.6 Å². The van der Waals surface area contributed by atoms with E-state index in [9.17, 15) is 4.57 Å². The Labute approximate surface area is 91.3 Å². The van der Waals surface area contributed by atoms with Gasteiger partial charge in [0, 0.05) is 20.3 Å². The van der Waals surface area contributed by atoms with Crippen LogP contribution in [-0.4, -0.2) is 33.0 Å². The van der Waals surface area contributed by atoms with Gasteiger partial charge in [0.05, 0.1) is 6.16 Å². The highest BCUT2D eigenvalue weighted by atomic mass is 31.2. The molecule has 1 saturated carbocycles. The molecule has 1 aliphatic carbocycles. The maximum atomic E-state index is 12.0. The fourth-order valence-electron chi connectivity index (χ4n) is 2.97. The Hall–Kier alpha value is 0.110. The molecule has 5 heteroatoms. The third kappa shape index (κ3) is 2.28. The minimum Gasteiger partial charge on any atom is -0.313 e. The summed E-state index contributed by atoms with van der Waals surface area (Å²) in [5.74, 6) is 1.47. The van der Waals surface area contributed by atoms with E-state index in [4.69, 9.17) is 9.05 Å². The van der Waals surface area contributed by atoms with Crippen molar-refractivity contribution in [2.75, 3.05) is 26.9 Å². The van der Waals surface area contributed by atoms with Crippen LogP contribution in [0.25, 0.3) is 0 Å². The molecule has 0 aromatic carbocycles. The van der Waals surface area contributed by atoms with E-state index in [1.54, 1.807) is 0 Å². The lowest BCUT2D eigenvalue weighted by atomic mass is 9.95. The molecule has 88 valence electrons. The van der Waals surface area contributed by atoms with Gasteiger partial charge < -0.3 is 14.4 Å². The smallest absolute Gasteiger partial charge is 0.313 e. The van der Waals surface area contributed by atoms with Crippen LogP contribution in [0.2, 0.25) is 0 Å². The van der Waals surface area contributed by atoms with Crippen molar-refractivity contribution in [3.05, 3.63) is 0 Å². The highest BCUT2D eigenvalue weighted by Crippen LogP contribution is 2.50. The minimum absolute atomic E-state index is 0.322. The predicted molar refractivity (Wildman–Crippen MR) is 59.1 cm³/mol. The number of hydrogen-bond donors (Lipinski definition) is 1. The highest BCUT2D eigenvalue weighted by molar-refractivity contribution is 7.53. The summed E-state index contributed by atoms with van der Waals surface area (Å²) in [5.41, 5.74) is 0. The quantitative estimate of drug-likeness (QED) is 0.753. The molecular formula is C10H20NO3P. The fraction of sp³-hybridized carbons (Fsp3) is 1.00. The molecule has 15 heavy (non-hydrogen) atoms. The summed E-state index contributed by atoms with van der Waals surface area (Å²) >= 11 is 0. The van der Waals surface area contributed by atoms with Crippen LogP contribution in [0.1, 0.15) is 19.3 Å². The molecule has 2 rings (SSSR count). The Morgan fingerprint density at radius 1 is 1.33 bits per heavy atom. The zero-order valence-corrected chi connectivity index (χ0v) is 10.3. The highest BCUT2D eigenvalue weighted by Gasteiger charge is 2.42. The Kier molecular flexibility index (Phi) is 3.51. The van der Waals surface area contributed by atoms with Crippen LogP contribution in [0, 0.1) is 11.8 Å². The van der Waals surface area contributed by atoms with E-state index in [-0.39, 0.29) is 0 Å². The summed E-state index contributed by atoms with van der Waals surface area (Å²) in [4.78, 5) is 0. The second-order valence-corrected chi connectivity index (χ2v) is 6.85. The first-order chi connectivity index (χ1) is 7.18. The van der Waals surface area contributed by atoms with E-state index in [0.717, 1.165) is 12.5 Å². The number of hydrogen-bond acceptors (Lipinski definition) is 4. The summed E-state index contributed by atoms with van der Waals surface area (Å²) in [6, 6.07) is 0.322. The standard InChI is InChI=1S/C10H20NO3P/c1-13-15(12,14-2)7-10-9-5-3-4-8(9)6-11-10/h8-11H,3-7H2,1-2H3. The van der Waals surface area contributed by atoms with Gasteiger partial charge in [-0.05, 0) is 31.2 Å². The third-order valence-corrected chi connectivity index (χ3v) is 5.81. The molecule has 0 bridgehead atoms. The van der Waals surface area contributed by atoms with Crippen molar-refractivity contribution in [3.63, 3.8) is 0 Å². The average molecular weight is 233 g/mol. The molecule has 1 saturated heterocycles. The molecule has 1 aliphatic heterocycles. The van der Waals surface area contributed by atoms with E-state index in [0.29, 0.717) is 18.1 Å². The second kappa shape index (κ2) is 4.54. The summed E-state index contributed by atoms with van der Waals surface area (Å²) in [5, 5.41) is 3.45. The van der Waals surface area contributed by atoms with Crippen molar-refractivity contribution in [1.82, 2.24) is 5.32 Å². The second-order valence-electron chi connectivity index (χ2n) is 4.53. The first kappa shape index (κ1) is 11.6. The zero-order chi connectivity index (χ0) is 10.9. The molecule has 1 heterocycles. The first-order valence-electron chi connectivity index (χ1n) is 5.62. The van der Waals surface area contributed by atoms with Gasteiger partial charge in [-0.15, -0.1) is 0 Å². The van der Waals surface area contributed by atoms with Crippen LogP contribution in [-0.2, 0) is 13.6 Å². The molecule has 2 fully saturated rings. The van der Waals surface area contributed by atoms with Crippen LogP contribution in [0.3, 0.4) is 0 Å². The summed E-state index contributed by atoms with van der Waals surface area (Å²) in [6.45, 7) is 1.07. The van der Waals surface area contributed by atoms with Crippen molar-refractivity contribution in [1.29, 1.82) is 0 Å². The lowest BCUT2D eigenvalue weighted by Crippen LogP contribution is -2.31. The first-order valence-corrected chi connectivity index (χ1v) is 7.35. The van der Waals surface area contributed by atoms with E-state index in [2.05, 4.69) is 5.32 Å². The van der Waals surface area contributed by atoms with Gasteiger partial charge >= 0.3 is 7.60 Å². The van der Waals surface area contributed by atoms with Gasteiger partial charge in [0.1, 0.15) is 0 Å². The van der Waals surface area contributed by atoms with E-state index >= 15 is 0 Å². The van der Waals surface area contributed by atoms with Gasteiger partial charge in [0.2, 0.25) is 0 Å². The minimum atomic E-state index is -2.84. The van der Waals surface area contributed by atoms with Crippen LogP contribution in [0.5, 0.6) is 0 Å². The van der Waals surface area contributed by atoms with Crippen molar-refractivity contribution in [3.8, 4) is 0 Å². The third-order valence-electron chi connectivity index (χ3n) is 3.85. The zero-order valence-electron chi connectivity index (χ0n) is 9.44. The van der Waals surface area contributed by atoms with Crippen molar-refractivity contribution >= 4 is 7.60 Å². The fourth-order valence-corrected chi connectivity index (χ4v) is 4.30. The van der Waals surface area contributed by atoms with E-state index in [1.807, 2.05) is 0 Å². The SMILES string of the molecule is COP(=O)(CC1NCC2CCCC21)OC. The van der Waals surface area contributed by atoms with Crippen LogP contribution >= 0.6 is 7.60 Å². The molecule has 0 radical (unpaired) electrons. The molecule has 0 amide bonds. The maximum absolute atomic E-state index is 12.0. The number of fused-ring (bicyclic) bond motifs is 1. The summed E-state index contributed by atoms with van der Waals surface area (Å²) < 4.78 is 22.0. The van der Waals surface area contributed by atoms with Gasteiger partial charge in [0.25, 0.3) is 0 Å². The Morgan fingerprint density at radius 2 is 2.07 bits per heavy atom. The van der Waals surface area contributed by atoms with Crippen LogP contribution < -0.4 is 5.32 Å². The molecular weight excluding hydrogens is 213 g/mol. The van der Waals surface area contributed by atoms with Crippen molar-refractivity contribution < 1.29 is 13.6 Å². The molecule has 2 aliphatic rings. The van der Waals surface area contributed by atoms with Gasteiger partial charge in [0.15, 0.2) is 0 Å². The van der Waals surface area contributed by atoms with Gasteiger partial charge in [-0.2, -0.15) is 0 Å². The lowest BCUT2D eigenvalue weighted by molar-refractivity contribution is 0.268. The Balaban J connectivity index is 1.97. The van der Waals surface area contributed by atoms with Crippen molar-refractivity contribution in [2.45, 2.75) is 25.3 Å². The summed E-state index contributed by atoms with van der Waals surface area (Å²) in [7, 11) is 0.0852. The monoisotopic (exact) mass is 233 g/mol. The van der Waals surface area contributed by atoms with Gasteiger partial charge in [-0.25, -0.2) is 0 Å². The molecule has 4 nitrogen and oxygen atoms in total. The van der Waals surface area contributed by atoms with E-state index in [1.165, 1.54) is 33.5 Å². The number of nitrogens with one attached hydrogen (secondary N) is 1. The largest absolute Gasteiger partial charge is 0.331 e. The van der Waals surface area contributed by atoms with Crippen molar-refractivity contribution in [2.24, 2.45) is 11.8 Å². The normalized spacial score (nSPS) is 35.7. The molecule has 3 atom stereocenters. The summed E-state index contributed by atoms with van der Waals surface area (Å²) in [6.07, 6.45) is 4.41. The van der Waals surface area contributed by atoms with E-state index < -0.39 is 7.60 Å². The van der Waals surface area contributed by atoms with Crippen LogP contribution in [0.4, 0.5) is 0 Å². The molecule has 3 unspecified atom stereocenters. The Morgan fingerprint density at radius 3 is 2.73 bits per heavy atom. The average Bonchev–Trinajstić information content (AvgIpc) is 2.83. The van der Waals surface area contributed by atoms with Gasteiger partial charge in [-0.3, -0.25) is 4.57 Å². The Bertz CT molecular complexity index is 263. The number of rotatable bonds is 4. The predicted octanol–water partition coefficient (Wildman–Crippen LogP) is 1.86.